The summed E-state index contributed by atoms with van der Waals surface area (Å²) in [4.78, 5) is 14.4. The summed E-state index contributed by atoms with van der Waals surface area (Å²) in [6.45, 7) is 4.91. The highest BCUT2D eigenvalue weighted by molar-refractivity contribution is 5.95. The van der Waals surface area contributed by atoms with Crippen LogP contribution in [0.2, 0.25) is 0 Å². The summed E-state index contributed by atoms with van der Waals surface area (Å²) in [6, 6.07) is 13.0. The minimum atomic E-state index is 0.770. The van der Waals surface area contributed by atoms with Crippen molar-refractivity contribution in [3.8, 4) is 11.3 Å². The molecule has 4 rings (SSSR count). The zero-order chi connectivity index (χ0) is 19.3. The Morgan fingerprint density at radius 3 is 2.68 bits per heavy atom. The Morgan fingerprint density at radius 1 is 1.04 bits per heavy atom. The van der Waals surface area contributed by atoms with Crippen LogP contribution in [0.25, 0.3) is 22.0 Å². The normalized spacial score (nSPS) is 15.3. The van der Waals surface area contributed by atoms with Gasteiger partial charge in [-0.15, -0.1) is 0 Å². The number of benzene rings is 1. The third-order valence-electron chi connectivity index (χ3n) is 5.43. The average molecular weight is 377 g/mol. The van der Waals surface area contributed by atoms with Crippen LogP contribution in [0.4, 0.5) is 5.82 Å². The topological polar surface area (TPSA) is 41.5 Å². The molecule has 0 saturated carbocycles. The van der Waals surface area contributed by atoms with Crippen molar-refractivity contribution in [3.05, 3.63) is 54.4 Å². The van der Waals surface area contributed by atoms with E-state index < -0.39 is 0 Å². The fourth-order valence-electron chi connectivity index (χ4n) is 3.77. The smallest absolute Gasteiger partial charge is 0.137 e. The second-order valence-electron chi connectivity index (χ2n) is 7.52. The molecule has 1 aliphatic heterocycles. The van der Waals surface area contributed by atoms with E-state index in [1.165, 1.54) is 16.3 Å². The van der Waals surface area contributed by atoms with E-state index in [2.05, 4.69) is 58.2 Å². The average Bonchev–Trinajstić information content (AvgIpc) is 2.74. The van der Waals surface area contributed by atoms with Gasteiger partial charge in [-0.3, -0.25) is 4.98 Å². The van der Waals surface area contributed by atoms with Crippen LogP contribution in [-0.2, 0) is 11.2 Å². The Balaban J connectivity index is 1.71. The largest absolute Gasteiger partial charge is 0.385 e. The van der Waals surface area contributed by atoms with Gasteiger partial charge in [0.25, 0.3) is 0 Å². The zero-order valence-corrected chi connectivity index (χ0v) is 16.8. The Kier molecular flexibility index (Phi) is 5.84. The second-order valence-corrected chi connectivity index (χ2v) is 7.52. The molecule has 0 spiro atoms. The van der Waals surface area contributed by atoms with Gasteiger partial charge in [-0.25, -0.2) is 4.98 Å². The molecule has 0 amide bonds. The van der Waals surface area contributed by atoms with E-state index in [1.54, 1.807) is 7.11 Å². The summed E-state index contributed by atoms with van der Waals surface area (Å²) >= 11 is 0. The number of likely N-dealkylation sites (N-methyl/N-ethyl adjacent to an activating group) is 1. The summed E-state index contributed by atoms with van der Waals surface area (Å²) in [6.07, 6.45) is 5.83. The number of piperazine rings is 1. The van der Waals surface area contributed by atoms with Crippen molar-refractivity contribution >= 4 is 16.6 Å². The minimum absolute atomic E-state index is 0.770. The van der Waals surface area contributed by atoms with Gasteiger partial charge in [0.2, 0.25) is 0 Å². The molecule has 3 aromatic rings. The number of hydrogen-bond acceptors (Lipinski definition) is 5. The van der Waals surface area contributed by atoms with Crippen LogP contribution in [-0.4, -0.2) is 61.8 Å². The molecule has 5 nitrogen and oxygen atoms in total. The van der Waals surface area contributed by atoms with E-state index >= 15 is 0 Å². The minimum Gasteiger partial charge on any atom is -0.385 e. The summed E-state index contributed by atoms with van der Waals surface area (Å²) in [7, 11) is 3.92. The predicted molar refractivity (Wildman–Crippen MR) is 115 cm³/mol. The molecule has 0 N–H and O–H groups in total. The van der Waals surface area contributed by atoms with Crippen molar-refractivity contribution < 1.29 is 4.74 Å². The summed E-state index contributed by atoms with van der Waals surface area (Å²) < 4.78 is 5.18. The van der Waals surface area contributed by atoms with Crippen LogP contribution in [0.1, 0.15) is 12.0 Å². The number of rotatable bonds is 6. The van der Waals surface area contributed by atoms with Crippen molar-refractivity contribution in [2.75, 3.05) is 51.8 Å². The van der Waals surface area contributed by atoms with Crippen LogP contribution in [0, 0.1) is 0 Å². The van der Waals surface area contributed by atoms with Crippen molar-refractivity contribution in [1.82, 2.24) is 14.9 Å². The highest BCUT2D eigenvalue weighted by atomic mass is 16.5. The number of fused-ring (bicyclic) bond motifs is 1. The Labute approximate surface area is 167 Å². The van der Waals surface area contributed by atoms with Gasteiger partial charge in [0, 0.05) is 63.2 Å². The first-order valence-electron chi connectivity index (χ1n) is 10.0. The molecule has 1 saturated heterocycles. The number of methoxy groups -OCH3 is 1. The fourth-order valence-corrected chi connectivity index (χ4v) is 3.77. The Hall–Kier alpha value is -2.50. The van der Waals surface area contributed by atoms with E-state index in [1.807, 2.05) is 12.4 Å². The maximum absolute atomic E-state index is 5.18. The van der Waals surface area contributed by atoms with Gasteiger partial charge in [-0.1, -0.05) is 24.3 Å². The number of anilines is 1. The molecule has 0 atom stereocenters. The van der Waals surface area contributed by atoms with Gasteiger partial charge >= 0.3 is 0 Å². The maximum Gasteiger partial charge on any atom is 0.137 e. The lowest BCUT2D eigenvalue weighted by Crippen LogP contribution is -2.44. The quantitative estimate of drug-likeness (QED) is 0.615. The lowest BCUT2D eigenvalue weighted by Gasteiger charge is -2.34. The molecule has 28 heavy (non-hydrogen) atoms. The van der Waals surface area contributed by atoms with E-state index in [9.17, 15) is 0 Å². The second kappa shape index (κ2) is 8.67. The number of nitrogens with zero attached hydrogens (tertiary/aromatic N) is 4. The summed E-state index contributed by atoms with van der Waals surface area (Å²) in [5, 5.41) is 2.45. The van der Waals surface area contributed by atoms with Gasteiger partial charge in [0.15, 0.2) is 0 Å². The zero-order valence-electron chi connectivity index (χ0n) is 16.8. The lowest BCUT2D eigenvalue weighted by atomic mass is 10.0. The van der Waals surface area contributed by atoms with E-state index in [4.69, 9.17) is 9.72 Å². The third-order valence-corrected chi connectivity index (χ3v) is 5.43. The number of aryl methyl sites for hydroxylation is 1. The molecule has 1 fully saturated rings. The molecule has 0 unspecified atom stereocenters. The predicted octanol–water partition coefficient (Wildman–Crippen LogP) is 3.63. The van der Waals surface area contributed by atoms with Crippen molar-refractivity contribution in [3.63, 3.8) is 0 Å². The van der Waals surface area contributed by atoms with Gasteiger partial charge in [-0.2, -0.15) is 0 Å². The van der Waals surface area contributed by atoms with Crippen LogP contribution in [0.15, 0.2) is 48.8 Å². The van der Waals surface area contributed by atoms with Gasteiger partial charge < -0.3 is 14.5 Å². The molecule has 0 bridgehead atoms. The van der Waals surface area contributed by atoms with Gasteiger partial charge in [0.05, 0.1) is 5.69 Å². The van der Waals surface area contributed by atoms with Crippen LogP contribution in [0.5, 0.6) is 0 Å². The van der Waals surface area contributed by atoms with Crippen LogP contribution in [0.3, 0.4) is 0 Å². The van der Waals surface area contributed by atoms with Crippen molar-refractivity contribution in [2.24, 2.45) is 0 Å². The molecule has 0 aliphatic carbocycles. The highest BCUT2D eigenvalue weighted by Gasteiger charge is 2.19. The van der Waals surface area contributed by atoms with Crippen molar-refractivity contribution in [2.45, 2.75) is 12.8 Å². The monoisotopic (exact) mass is 376 g/mol. The molecule has 0 radical (unpaired) electrons. The molecule has 3 heterocycles. The first-order chi connectivity index (χ1) is 13.7. The highest BCUT2D eigenvalue weighted by Crippen LogP contribution is 2.30. The lowest BCUT2D eigenvalue weighted by molar-refractivity contribution is 0.195. The molecule has 5 heteroatoms. The maximum atomic E-state index is 5.18. The Bertz CT molecular complexity index is 935. The van der Waals surface area contributed by atoms with Crippen LogP contribution < -0.4 is 4.90 Å². The number of ether oxygens (including phenoxy) is 1. The first-order valence-corrected chi connectivity index (χ1v) is 10.0. The number of pyridine rings is 2. The molecule has 146 valence electrons. The van der Waals surface area contributed by atoms with Gasteiger partial charge in [0.1, 0.15) is 5.82 Å². The number of aromatic nitrogens is 2. The first kappa shape index (κ1) is 18.8. The standard InChI is InChI=1S/C23H28N4O/c1-26-9-11-27(12-10-26)23-21-8-4-3-7-19(21)15-22(25-23)20-14-18(16-24-17-20)6-5-13-28-2/h3-4,7-8,14-17H,5-6,9-13H2,1-2H3. The summed E-state index contributed by atoms with van der Waals surface area (Å²) in [5.74, 6) is 1.09. The van der Waals surface area contributed by atoms with E-state index in [0.717, 1.165) is 62.7 Å². The van der Waals surface area contributed by atoms with Crippen molar-refractivity contribution in [1.29, 1.82) is 0 Å². The molecular weight excluding hydrogens is 348 g/mol. The van der Waals surface area contributed by atoms with E-state index in [0.29, 0.717) is 0 Å². The molecule has 2 aromatic heterocycles. The van der Waals surface area contributed by atoms with Crippen LogP contribution >= 0.6 is 0 Å². The molecule has 1 aliphatic rings. The molecular formula is C23H28N4O. The van der Waals surface area contributed by atoms with Gasteiger partial charge in [-0.05, 0) is 43.0 Å². The fraction of sp³-hybridized carbons (Fsp3) is 0.391. The van der Waals surface area contributed by atoms with E-state index in [-0.39, 0.29) is 0 Å². The Morgan fingerprint density at radius 2 is 1.86 bits per heavy atom. The number of hydrogen-bond donors (Lipinski definition) is 0. The third kappa shape index (κ3) is 4.16. The summed E-state index contributed by atoms with van der Waals surface area (Å²) in [5.41, 5.74) is 3.30. The SMILES string of the molecule is COCCCc1cncc(-c2cc3ccccc3c(N3CCN(C)CC3)n2)c1. The molecule has 1 aromatic carbocycles.